The van der Waals surface area contributed by atoms with E-state index in [1.807, 2.05) is 25.1 Å². The SMILES string of the molecule is CCOc1ccccc1N1CC(=O)NC(C(=O)O)C1. The fraction of sp³-hybridized carbons (Fsp3) is 0.385. The molecule has 1 unspecified atom stereocenters. The smallest absolute Gasteiger partial charge is 0.328 e. The molecular weight excluding hydrogens is 248 g/mol. The van der Waals surface area contributed by atoms with Crippen molar-refractivity contribution in [2.75, 3.05) is 24.6 Å². The molecule has 1 aliphatic heterocycles. The second-order valence-electron chi connectivity index (χ2n) is 4.24. The molecule has 0 aromatic heterocycles. The fourth-order valence-electron chi connectivity index (χ4n) is 2.06. The molecule has 2 N–H and O–H groups in total. The van der Waals surface area contributed by atoms with Gasteiger partial charge in [0.1, 0.15) is 11.8 Å². The van der Waals surface area contributed by atoms with Gasteiger partial charge in [-0.15, -0.1) is 0 Å². The van der Waals surface area contributed by atoms with Crippen LogP contribution < -0.4 is 15.0 Å². The first kappa shape index (κ1) is 13.2. The Morgan fingerprint density at radius 2 is 2.26 bits per heavy atom. The summed E-state index contributed by atoms with van der Waals surface area (Å²) in [5, 5.41) is 11.5. The van der Waals surface area contributed by atoms with Crippen LogP contribution in [-0.2, 0) is 9.59 Å². The highest BCUT2D eigenvalue weighted by Crippen LogP contribution is 2.28. The van der Waals surface area contributed by atoms with Crippen LogP contribution in [0.4, 0.5) is 5.69 Å². The molecule has 0 spiro atoms. The number of ether oxygens (including phenoxy) is 1. The molecule has 1 heterocycles. The van der Waals surface area contributed by atoms with Crippen molar-refractivity contribution in [2.24, 2.45) is 0 Å². The number of nitrogens with one attached hydrogen (secondary N) is 1. The summed E-state index contributed by atoms with van der Waals surface area (Å²) in [6, 6.07) is 6.41. The highest BCUT2D eigenvalue weighted by Gasteiger charge is 2.30. The topological polar surface area (TPSA) is 78.9 Å². The van der Waals surface area contributed by atoms with Crippen molar-refractivity contribution in [3.05, 3.63) is 24.3 Å². The van der Waals surface area contributed by atoms with Crippen LogP contribution >= 0.6 is 0 Å². The lowest BCUT2D eigenvalue weighted by Gasteiger charge is -2.33. The standard InChI is InChI=1S/C13H16N2O4/c1-2-19-11-6-4-3-5-10(11)15-7-9(13(17)18)14-12(16)8-15/h3-6,9H,2,7-8H2,1H3,(H,14,16)(H,17,18). The van der Waals surface area contributed by atoms with Gasteiger partial charge in [0.25, 0.3) is 0 Å². The van der Waals surface area contributed by atoms with Crippen LogP contribution in [0, 0.1) is 0 Å². The second kappa shape index (κ2) is 5.60. The van der Waals surface area contributed by atoms with E-state index in [9.17, 15) is 9.59 Å². The Morgan fingerprint density at radius 1 is 1.53 bits per heavy atom. The van der Waals surface area contributed by atoms with Gasteiger partial charge in [0.2, 0.25) is 5.91 Å². The zero-order valence-electron chi connectivity index (χ0n) is 10.6. The summed E-state index contributed by atoms with van der Waals surface area (Å²) in [5.74, 6) is -0.680. The fourth-order valence-corrected chi connectivity index (χ4v) is 2.06. The zero-order valence-corrected chi connectivity index (χ0v) is 10.6. The van der Waals surface area contributed by atoms with Gasteiger partial charge in [0.15, 0.2) is 0 Å². The summed E-state index contributed by atoms with van der Waals surface area (Å²) < 4.78 is 5.50. The van der Waals surface area contributed by atoms with Crippen LogP contribution in [0.5, 0.6) is 5.75 Å². The van der Waals surface area contributed by atoms with Crippen LogP contribution in [0.15, 0.2) is 24.3 Å². The molecule has 6 heteroatoms. The zero-order chi connectivity index (χ0) is 13.8. The number of anilines is 1. The molecule has 1 atom stereocenters. The number of hydrogen-bond acceptors (Lipinski definition) is 4. The van der Waals surface area contributed by atoms with Crippen molar-refractivity contribution in [1.29, 1.82) is 0 Å². The molecule has 1 aromatic rings. The van der Waals surface area contributed by atoms with E-state index in [0.29, 0.717) is 12.4 Å². The Kier molecular flexibility index (Phi) is 3.89. The first-order valence-electron chi connectivity index (χ1n) is 6.10. The van der Waals surface area contributed by atoms with Crippen molar-refractivity contribution in [1.82, 2.24) is 5.32 Å². The molecule has 102 valence electrons. The van der Waals surface area contributed by atoms with Crippen molar-refractivity contribution in [3.8, 4) is 5.75 Å². The van der Waals surface area contributed by atoms with E-state index in [0.717, 1.165) is 5.69 Å². The molecule has 0 aliphatic carbocycles. The van der Waals surface area contributed by atoms with E-state index >= 15 is 0 Å². The normalized spacial score (nSPS) is 18.9. The summed E-state index contributed by atoms with van der Waals surface area (Å²) in [4.78, 5) is 24.3. The second-order valence-corrected chi connectivity index (χ2v) is 4.24. The van der Waals surface area contributed by atoms with Gasteiger partial charge in [-0.05, 0) is 19.1 Å². The molecule has 0 radical (unpaired) electrons. The lowest BCUT2D eigenvalue weighted by atomic mass is 10.1. The first-order chi connectivity index (χ1) is 9.11. The van der Waals surface area contributed by atoms with Gasteiger partial charge in [-0.1, -0.05) is 12.1 Å². The van der Waals surface area contributed by atoms with Crippen molar-refractivity contribution in [2.45, 2.75) is 13.0 Å². The van der Waals surface area contributed by atoms with Gasteiger partial charge in [0.05, 0.1) is 18.8 Å². The minimum absolute atomic E-state index is 0.133. The molecule has 1 fully saturated rings. The summed E-state index contributed by atoms with van der Waals surface area (Å²) in [6.07, 6.45) is 0. The molecule has 1 saturated heterocycles. The maximum Gasteiger partial charge on any atom is 0.328 e. The molecule has 1 amide bonds. The van der Waals surface area contributed by atoms with E-state index < -0.39 is 12.0 Å². The number of aliphatic carboxylic acids is 1. The Labute approximate surface area is 111 Å². The molecule has 6 nitrogen and oxygen atoms in total. The van der Waals surface area contributed by atoms with E-state index in [-0.39, 0.29) is 19.0 Å². The number of amides is 1. The summed E-state index contributed by atoms with van der Waals surface area (Å²) in [7, 11) is 0. The van der Waals surface area contributed by atoms with E-state index in [1.165, 1.54) is 0 Å². The third-order valence-corrected chi connectivity index (χ3v) is 2.88. The lowest BCUT2D eigenvalue weighted by Crippen LogP contribution is -2.57. The summed E-state index contributed by atoms with van der Waals surface area (Å²) in [5.41, 5.74) is 0.741. The lowest BCUT2D eigenvalue weighted by molar-refractivity contribution is -0.142. The number of carboxylic acids is 1. The van der Waals surface area contributed by atoms with Crippen LogP contribution in [0.2, 0.25) is 0 Å². The van der Waals surface area contributed by atoms with Crippen LogP contribution in [0.1, 0.15) is 6.92 Å². The van der Waals surface area contributed by atoms with Crippen LogP contribution in [0.3, 0.4) is 0 Å². The number of hydrogen-bond donors (Lipinski definition) is 2. The molecule has 0 saturated carbocycles. The van der Waals surface area contributed by atoms with Crippen molar-refractivity contribution < 1.29 is 19.4 Å². The van der Waals surface area contributed by atoms with Gasteiger partial charge in [-0.2, -0.15) is 0 Å². The highest BCUT2D eigenvalue weighted by atomic mass is 16.5. The first-order valence-corrected chi connectivity index (χ1v) is 6.10. The Hall–Kier alpha value is -2.24. The maximum atomic E-state index is 11.6. The van der Waals surface area contributed by atoms with Crippen LogP contribution in [-0.4, -0.2) is 42.7 Å². The maximum absolute atomic E-state index is 11.6. The van der Waals surface area contributed by atoms with Gasteiger partial charge in [-0.3, -0.25) is 4.79 Å². The molecule has 2 rings (SSSR count). The van der Waals surface area contributed by atoms with E-state index in [1.54, 1.807) is 11.0 Å². The van der Waals surface area contributed by atoms with Crippen LogP contribution in [0.25, 0.3) is 0 Å². The van der Waals surface area contributed by atoms with Crippen molar-refractivity contribution >= 4 is 17.6 Å². The highest BCUT2D eigenvalue weighted by molar-refractivity contribution is 5.89. The number of benzene rings is 1. The Balaban J connectivity index is 2.25. The van der Waals surface area contributed by atoms with Gasteiger partial charge >= 0.3 is 5.97 Å². The number of rotatable bonds is 4. The Morgan fingerprint density at radius 3 is 2.95 bits per heavy atom. The van der Waals surface area contributed by atoms with Gasteiger partial charge in [-0.25, -0.2) is 4.79 Å². The number of carboxylic acid groups (broad SMARTS) is 1. The molecule has 19 heavy (non-hydrogen) atoms. The number of para-hydroxylation sites is 2. The third-order valence-electron chi connectivity index (χ3n) is 2.88. The molecule has 0 bridgehead atoms. The largest absolute Gasteiger partial charge is 0.492 e. The van der Waals surface area contributed by atoms with E-state index in [2.05, 4.69) is 5.32 Å². The number of carbonyl (C=O) groups is 2. The molecule has 1 aliphatic rings. The Bertz CT molecular complexity index is 489. The third kappa shape index (κ3) is 2.96. The average molecular weight is 264 g/mol. The predicted octanol–water partition coefficient (Wildman–Crippen LogP) is 0.475. The van der Waals surface area contributed by atoms with Gasteiger partial charge < -0.3 is 20.1 Å². The number of piperazine rings is 1. The monoisotopic (exact) mass is 264 g/mol. The number of carbonyl (C=O) groups excluding carboxylic acids is 1. The van der Waals surface area contributed by atoms with Crippen molar-refractivity contribution in [3.63, 3.8) is 0 Å². The minimum Gasteiger partial charge on any atom is -0.492 e. The summed E-state index contributed by atoms with van der Waals surface area (Å²) in [6.45, 7) is 2.75. The number of nitrogens with zero attached hydrogens (tertiary/aromatic N) is 1. The van der Waals surface area contributed by atoms with Gasteiger partial charge in [0, 0.05) is 6.54 Å². The average Bonchev–Trinajstić information content (AvgIpc) is 2.39. The molecular formula is C13H16N2O4. The minimum atomic E-state index is -1.04. The van der Waals surface area contributed by atoms with E-state index in [4.69, 9.17) is 9.84 Å². The quantitative estimate of drug-likeness (QED) is 0.826. The summed E-state index contributed by atoms with van der Waals surface area (Å²) >= 11 is 0. The predicted molar refractivity (Wildman–Crippen MR) is 69.4 cm³/mol. The molecule has 1 aromatic carbocycles.